The van der Waals surface area contributed by atoms with Crippen LogP contribution in [0.15, 0.2) is 59.5 Å². The molecule has 0 bridgehead atoms. The summed E-state index contributed by atoms with van der Waals surface area (Å²) in [6.07, 6.45) is 6.28. The fraction of sp³-hybridized carbons (Fsp3) is 0.400. The van der Waals surface area contributed by atoms with Crippen molar-refractivity contribution < 1.29 is 12.6 Å². The molecule has 0 N–H and O–H groups in total. The van der Waals surface area contributed by atoms with Gasteiger partial charge in [0, 0.05) is 0 Å². The molecule has 4 heteroatoms. The maximum absolute atomic E-state index is 12.1. The third kappa shape index (κ3) is 5.77. The van der Waals surface area contributed by atoms with Gasteiger partial charge in [-0.15, -0.1) is 0 Å². The summed E-state index contributed by atoms with van der Waals surface area (Å²) in [5.41, 5.74) is 2.67. The van der Waals surface area contributed by atoms with Gasteiger partial charge in [-0.3, -0.25) is 4.18 Å². The highest BCUT2D eigenvalue weighted by atomic mass is 32.2. The van der Waals surface area contributed by atoms with Crippen LogP contribution in [0.3, 0.4) is 0 Å². The van der Waals surface area contributed by atoms with Crippen LogP contribution in [-0.2, 0) is 27.1 Å². The van der Waals surface area contributed by atoms with Crippen LogP contribution >= 0.6 is 0 Å². The minimum Gasteiger partial charge on any atom is -0.266 e. The molecular weight excluding hydrogens is 320 g/mol. The van der Waals surface area contributed by atoms with Gasteiger partial charge in [0.25, 0.3) is 10.1 Å². The van der Waals surface area contributed by atoms with Gasteiger partial charge in [-0.25, -0.2) is 0 Å². The van der Waals surface area contributed by atoms with Gasteiger partial charge in [-0.05, 0) is 48.9 Å². The second kappa shape index (κ2) is 9.60. The summed E-state index contributed by atoms with van der Waals surface area (Å²) >= 11 is 0. The minimum absolute atomic E-state index is 0.209. The Morgan fingerprint density at radius 3 is 2.00 bits per heavy atom. The Kier molecular flexibility index (Phi) is 7.47. The molecule has 0 saturated carbocycles. The molecule has 24 heavy (non-hydrogen) atoms. The molecule has 0 aliphatic rings. The zero-order valence-corrected chi connectivity index (χ0v) is 15.1. The lowest BCUT2D eigenvalue weighted by molar-refractivity contribution is 0.312. The lowest BCUT2D eigenvalue weighted by Crippen LogP contribution is -2.08. The van der Waals surface area contributed by atoms with Crippen molar-refractivity contribution in [1.29, 1.82) is 0 Å². The summed E-state index contributed by atoms with van der Waals surface area (Å²) in [4.78, 5) is 0.213. The van der Waals surface area contributed by atoms with Crippen molar-refractivity contribution in [1.82, 2.24) is 0 Å². The Bertz CT molecular complexity index is 709. The highest BCUT2D eigenvalue weighted by Gasteiger charge is 2.14. The normalized spacial score (nSPS) is 11.5. The first kappa shape index (κ1) is 18.7. The first-order chi connectivity index (χ1) is 11.6. The fourth-order valence-corrected chi connectivity index (χ4v) is 3.66. The van der Waals surface area contributed by atoms with Crippen molar-refractivity contribution in [2.24, 2.45) is 0 Å². The third-order valence-corrected chi connectivity index (χ3v) is 5.36. The van der Waals surface area contributed by atoms with Crippen LogP contribution in [0.1, 0.15) is 43.7 Å². The van der Waals surface area contributed by atoms with E-state index in [0.29, 0.717) is 6.42 Å². The van der Waals surface area contributed by atoms with Crippen molar-refractivity contribution in [2.45, 2.75) is 50.3 Å². The van der Waals surface area contributed by atoms with Crippen LogP contribution in [0.5, 0.6) is 0 Å². The summed E-state index contributed by atoms with van der Waals surface area (Å²) in [7, 11) is -3.64. The van der Waals surface area contributed by atoms with Crippen molar-refractivity contribution in [3.63, 3.8) is 0 Å². The van der Waals surface area contributed by atoms with Gasteiger partial charge in [-0.1, -0.05) is 62.2 Å². The number of hydrogen-bond donors (Lipinski definition) is 0. The van der Waals surface area contributed by atoms with E-state index in [1.165, 1.54) is 30.4 Å². The zero-order chi connectivity index (χ0) is 17.3. The van der Waals surface area contributed by atoms with E-state index in [4.69, 9.17) is 4.18 Å². The summed E-state index contributed by atoms with van der Waals surface area (Å²) in [5, 5.41) is 0. The SMILES string of the molecule is CCCCCc1ccccc1CCCOS(=O)(=O)c1ccccc1. The summed E-state index contributed by atoms with van der Waals surface area (Å²) in [6, 6.07) is 16.7. The molecule has 130 valence electrons. The fourth-order valence-electron chi connectivity index (χ4n) is 2.70. The van der Waals surface area contributed by atoms with E-state index in [9.17, 15) is 8.42 Å². The average molecular weight is 346 g/mol. The Labute approximate surface area is 145 Å². The van der Waals surface area contributed by atoms with Crippen molar-refractivity contribution >= 4 is 10.1 Å². The van der Waals surface area contributed by atoms with E-state index < -0.39 is 10.1 Å². The van der Waals surface area contributed by atoms with Crippen LogP contribution in [0.2, 0.25) is 0 Å². The first-order valence-corrected chi connectivity index (χ1v) is 10.1. The minimum atomic E-state index is -3.64. The van der Waals surface area contributed by atoms with Gasteiger partial charge in [-0.2, -0.15) is 8.42 Å². The highest BCUT2D eigenvalue weighted by Crippen LogP contribution is 2.16. The second-order valence-corrected chi connectivity index (χ2v) is 7.53. The Balaban J connectivity index is 1.84. The van der Waals surface area contributed by atoms with Gasteiger partial charge in [0.15, 0.2) is 0 Å². The van der Waals surface area contributed by atoms with Gasteiger partial charge in [0.05, 0.1) is 11.5 Å². The van der Waals surface area contributed by atoms with Crippen molar-refractivity contribution in [3.8, 4) is 0 Å². The molecule has 2 aromatic rings. The topological polar surface area (TPSA) is 43.4 Å². The average Bonchev–Trinajstić information content (AvgIpc) is 2.61. The van der Waals surface area contributed by atoms with Crippen molar-refractivity contribution in [2.75, 3.05) is 6.61 Å². The molecule has 0 saturated heterocycles. The molecule has 2 rings (SSSR count). The smallest absolute Gasteiger partial charge is 0.266 e. The standard InChI is InChI=1S/C20H26O3S/c1-2-3-5-11-18-12-8-9-13-19(18)14-10-17-23-24(21,22)20-15-6-4-7-16-20/h4,6-9,12-13,15-16H,2-3,5,10-11,14,17H2,1H3. The first-order valence-electron chi connectivity index (χ1n) is 8.65. The number of rotatable bonds is 10. The molecule has 0 atom stereocenters. The Morgan fingerprint density at radius 1 is 0.792 bits per heavy atom. The predicted octanol–water partition coefficient (Wildman–Crippen LogP) is 4.76. The molecule has 0 aromatic heterocycles. The van der Waals surface area contributed by atoms with E-state index in [1.54, 1.807) is 30.3 Å². The zero-order valence-electron chi connectivity index (χ0n) is 14.3. The van der Waals surface area contributed by atoms with Crippen LogP contribution < -0.4 is 0 Å². The molecular formula is C20H26O3S. The van der Waals surface area contributed by atoms with Crippen LogP contribution in [0.4, 0.5) is 0 Å². The maximum atomic E-state index is 12.1. The summed E-state index contributed by atoms with van der Waals surface area (Å²) in [5.74, 6) is 0. The van der Waals surface area contributed by atoms with E-state index >= 15 is 0 Å². The van der Waals surface area contributed by atoms with Gasteiger partial charge >= 0.3 is 0 Å². The number of hydrogen-bond acceptors (Lipinski definition) is 3. The van der Waals surface area contributed by atoms with E-state index in [2.05, 4.69) is 25.1 Å². The van der Waals surface area contributed by atoms with Gasteiger partial charge in [0.2, 0.25) is 0 Å². The molecule has 3 nitrogen and oxygen atoms in total. The van der Waals surface area contributed by atoms with Crippen LogP contribution in [-0.4, -0.2) is 15.0 Å². The van der Waals surface area contributed by atoms with E-state index in [1.807, 2.05) is 6.07 Å². The number of aryl methyl sites for hydroxylation is 2. The van der Waals surface area contributed by atoms with E-state index in [0.717, 1.165) is 12.8 Å². The van der Waals surface area contributed by atoms with Crippen LogP contribution in [0.25, 0.3) is 0 Å². The van der Waals surface area contributed by atoms with Crippen LogP contribution in [0, 0.1) is 0 Å². The maximum Gasteiger partial charge on any atom is 0.296 e. The lowest BCUT2D eigenvalue weighted by atomic mass is 9.98. The Morgan fingerprint density at radius 2 is 1.38 bits per heavy atom. The second-order valence-electron chi connectivity index (χ2n) is 5.92. The third-order valence-electron chi connectivity index (χ3n) is 4.03. The molecule has 0 unspecified atom stereocenters. The molecule has 0 fully saturated rings. The van der Waals surface area contributed by atoms with Gasteiger partial charge in [0.1, 0.15) is 0 Å². The quantitative estimate of drug-likeness (QED) is 0.460. The summed E-state index contributed by atoms with van der Waals surface area (Å²) in [6.45, 7) is 2.41. The Hall–Kier alpha value is -1.65. The molecule has 2 aromatic carbocycles. The predicted molar refractivity (Wildman–Crippen MR) is 97.6 cm³/mol. The molecule has 0 heterocycles. The van der Waals surface area contributed by atoms with Gasteiger partial charge < -0.3 is 0 Å². The molecule has 0 spiro atoms. The number of unbranched alkanes of at least 4 members (excludes halogenated alkanes) is 2. The molecule has 0 aliphatic heterocycles. The number of benzene rings is 2. The molecule has 0 aliphatic carbocycles. The molecule has 0 radical (unpaired) electrons. The monoisotopic (exact) mass is 346 g/mol. The highest BCUT2D eigenvalue weighted by molar-refractivity contribution is 7.86. The van der Waals surface area contributed by atoms with E-state index in [-0.39, 0.29) is 11.5 Å². The largest absolute Gasteiger partial charge is 0.296 e. The lowest BCUT2D eigenvalue weighted by Gasteiger charge is -2.10. The summed E-state index contributed by atoms with van der Waals surface area (Å²) < 4.78 is 29.3. The van der Waals surface area contributed by atoms with Crippen molar-refractivity contribution in [3.05, 3.63) is 65.7 Å². The molecule has 0 amide bonds.